The van der Waals surface area contributed by atoms with Crippen molar-refractivity contribution in [2.45, 2.75) is 53.4 Å². The van der Waals surface area contributed by atoms with Gasteiger partial charge in [0.25, 0.3) is 0 Å². The Bertz CT molecular complexity index is 1270. The molecule has 2 N–H and O–H groups in total. The maximum absolute atomic E-state index is 13.0. The van der Waals surface area contributed by atoms with E-state index in [1.807, 2.05) is 51.1 Å². The van der Waals surface area contributed by atoms with Crippen molar-refractivity contribution in [3.63, 3.8) is 0 Å². The second kappa shape index (κ2) is 12.5. The first kappa shape index (κ1) is 29.3. The number of aliphatic hydroxyl groups excluding tert-OH is 2. The molecule has 0 fully saturated rings. The molecular formula is C30H35ClO7. The van der Waals surface area contributed by atoms with Gasteiger partial charge in [0.2, 0.25) is 0 Å². The van der Waals surface area contributed by atoms with E-state index in [1.165, 1.54) is 14.2 Å². The van der Waals surface area contributed by atoms with Crippen molar-refractivity contribution in [3.05, 3.63) is 81.4 Å². The van der Waals surface area contributed by atoms with Crippen molar-refractivity contribution >= 4 is 17.6 Å². The van der Waals surface area contributed by atoms with Gasteiger partial charge in [0.1, 0.15) is 23.7 Å². The number of aliphatic hydroxyl groups is 2. The Hall–Kier alpha value is -3.26. The summed E-state index contributed by atoms with van der Waals surface area (Å²) < 4.78 is 23.0. The first-order valence-corrected chi connectivity index (χ1v) is 12.6. The number of rotatable bonds is 10. The van der Waals surface area contributed by atoms with E-state index in [0.29, 0.717) is 33.9 Å². The average Bonchev–Trinajstić information content (AvgIpc) is 2.88. The van der Waals surface area contributed by atoms with Crippen LogP contribution in [0.15, 0.2) is 48.5 Å². The summed E-state index contributed by atoms with van der Waals surface area (Å²) >= 11 is 6.53. The number of carbonyl (C=O) groups excluding carboxylic acids is 1. The second-order valence-electron chi connectivity index (χ2n) is 10.2. The zero-order valence-corrected chi connectivity index (χ0v) is 23.4. The Morgan fingerprint density at radius 1 is 1.03 bits per heavy atom. The largest absolute Gasteiger partial charge is 0.495 e. The number of aryl methyl sites for hydroxylation is 1. The maximum atomic E-state index is 13.0. The molecule has 0 amide bonds. The van der Waals surface area contributed by atoms with Gasteiger partial charge in [-0.2, -0.15) is 0 Å². The van der Waals surface area contributed by atoms with E-state index in [0.717, 1.165) is 5.56 Å². The van der Waals surface area contributed by atoms with Crippen molar-refractivity contribution in [2.24, 2.45) is 5.41 Å². The van der Waals surface area contributed by atoms with Crippen LogP contribution >= 0.6 is 11.6 Å². The lowest BCUT2D eigenvalue weighted by Gasteiger charge is -2.25. The van der Waals surface area contributed by atoms with Crippen molar-refractivity contribution in [3.8, 4) is 23.0 Å². The van der Waals surface area contributed by atoms with Gasteiger partial charge in [-0.3, -0.25) is 0 Å². The third-order valence-corrected chi connectivity index (χ3v) is 6.50. The van der Waals surface area contributed by atoms with Crippen LogP contribution in [0.2, 0.25) is 5.02 Å². The summed E-state index contributed by atoms with van der Waals surface area (Å²) in [7, 11) is 2.66. The van der Waals surface area contributed by atoms with Gasteiger partial charge in [0.15, 0.2) is 11.5 Å². The number of benzene rings is 3. The molecule has 0 aromatic heterocycles. The summed E-state index contributed by atoms with van der Waals surface area (Å²) in [5.74, 6) is 0.0269. The van der Waals surface area contributed by atoms with E-state index in [2.05, 4.69) is 0 Å². The molecule has 8 heteroatoms. The summed E-state index contributed by atoms with van der Waals surface area (Å²) in [6, 6.07) is 14.5. The van der Waals surface area contributed by atoms with Crippen molar-refractivity contribution in [1.82, 2.24) is 0 Å². The van der Waals surface area contributed by atoms with E-state index in [-0.39, 0.29) is 34.8 Å². The van der Waals surface area contributed by atoms with Crippen LogP contribution in [0.1, 0.15) is 65.9 Å². The first-order valence-electron chi connectivity index (χ1n) is 12.2. The SMILES string of the molecule is COC(=O)c1c(Oc2c(OCc3ccccc3)cc(C)c(Cl)c2CO)ccc([C@@H](O)CC(C)(C)C)c1OC. The number of hydrogen-bond acceptors (Lipinski definition) is 7. The highest BCUT2D eigenvalue weighted by Gasteiger charge is 2.29. The average molecular weight is 543 g/mol. The molecule has 0 heterocycles. The number of hydrogen-bond donors (Lipinski definition) is 2. The topological polar surface area (TPSA) is 94.5 Å². The highest BCUT2D eigenvalue weighted by atomic mass is 35.5. The predicted octanol–water partition coefficient (Wildman–Crippen LogP) is 6.78. The lowest BCUT2D eigenvalue weighted by molar-refractivity contribution is 0.0592. The maximum Gasteiger partial charge on any atom is 0.345 e. The molecule has 0 unspecified atom stereocenters. The number of ether oxygens (including phenoxy) is 4. The molecule has 0 aliphatic rings. The fourth-order valence-corrected chi connectivity index (χ4v) is 4.35. The van der Waals surface area contributed by atoms with Crippen LogP contribution < -0.4 is 14.2 Å². The van der Waals surface area contributed by atoms with Gasteiger partial charge in [-0.1, -0.05) is 62.7 Å². The van der Waals surface area contributed by atoms with Crippen molar-refractivity contribution in [1.29, 1.82) is 0 Å². The van der Waals surface area contributed by atoms with Gasteiger partial charge < -0.3 is 29.2 Å². The first-order chi connectivity index (χ1) is 18.0. The van der Waals surface area contributed by atoms with E-state index in [1.54, 1.807) is 25.1 Å². The lowest BCUT2D eigenvalue weighted by Crippen LogP contribution is -2.15. The molecule has 0 bridgehead atoms. The third kappa shape index (κ3) is 6.78. The van der Waals surface area contributed by atoms with E-state index in [4.69, 9.17) is 30.5 Å². The quantitative estimate of drug-likeness (QED) is 0.273. The summed E-state index contributed by atoms with van der Waals surface area (Å²) in [4.78, 5) is 13.0. The molecule has 38 heavy (non-hydrogen) atoms. The Balaban J connectivity index is 2.13. The summed E-state index contributed by atoms with van der Waals surface area (Å²) in [6.07, 6.45) is -0.460. The minimum Gasteiger partial charge on any atom is -0.495 e. The smallest absolute Gasteiger partial charge is 0.345 e. The van der Waals surface area contributed by atoms with Gasteiger partial charge in [0, 0.05) is 11.1 Å². The van der Waals surface area contributed by atoms with Crippen LogP contribution in [0, 0.1) is 12.3 Å². The number of esters is 1. The monoisotopic (exact) mass is 542 g/mol. The number of carbonyl (C=O) groups is 1. The van der Waals surface area contributed by atoms with E-state index in [9.17, 15) is 15.0 Å². The molecule has 0 aliphatic carbocycles. The third-order valence-electron chi connectivity index (χ3n) is 5.97. The van der Waals surface area contributed by atoms with Gasteiger partial charge in [-0.25, -0.2) is 4.79 Å². The minimum atomic E-state index is -0.894. The predicted molar refractivity (Wildman–Crippen MR) is 146 cm³/mol. The zero-order valence-electron chi connectivity index (χ0n) is 22.6. The number of methoxy groups -OCH3 is 2. The molecule has 3 aromatic carbocycles. The van der Waals surface area contributed by atoms with Crippen molar-refractivity contribution < 1.29 is 34.0 Å². The molecular weight excluding hydrogens is 508 g/mol. The minimum absolute atomic E-state index is 0.00458. The van der Waals surface area contributed by atoms with E-state index < -0.39 is 18.7 Å². The van der Waals surface area contributed by atoms with Crippen molar-refractivity contribution in [2.75, 3.05) is 14.2 Å². The van der Waals surface area contributed by atoms with Gasteiger partial charge in [-0.15, -0.1) is 0 Å². The molecule has 1 atom stereocenters. The Kier molecular flexibility index (Phi) is 9.66. The normalized spacial score (nSPS) is 12.1. The highest BCUT2D eigenvalue weighted by molar-refractivity contribution is 6.32. The summed E-state index contributed by atoms with van der Waals surface area (Å²) in [6.45, 7) is 7.65. The lowest BCUT2D eigenvalue weighted by atomic mass is 9.86. The van der Waals surface area contributed by atoms with Crippen LogP contribution in [0.25, 0.3) is 0 Å². The molecule has 0 aliphatic heterocycles. The summed E-state index contributed by atoms with van der Waals surface area (Å²) in [5, 5.41) is 21.5. The fraction of sp³-hybridized carbons (Fsp3) is 0.367. The Labute approximate surface area is 228 Å². The number of halogens is 1. The zero-order chi connectivity index (χ0) is 28.0. The van der Waals surface area contributed by atoms with Crippen LogP contribution in [-0.2, 0) is 18.0 Å². The molecule has 0 radical (unpaired) electrons. The van der Waals surface area contributed by atoms with Crippen LogP contribution in [0.5, 0.6) is 23.0 Å². The van der Waals surface area contributed by atoms with E-state index >= 15 is 0 Å². The Morgan fingerprint density at radius 3 is 2.29 bits per heavy atom. The molecule has 3 aromatic rings. The second-order valence-corrected chi connectivity index (χ2v) is 10.6. The molecule has 0 saturated heterocycles. The highest BCUT2D eigenvalue weighted by Crippen LogP contribution is 2.45. The van der Waals surface area contributed by atoms with Crippen LogP contribution in [0.3, 0.4) is 0 Å². The fourth-order valence-electron chi connectivity index (χ4n) is 4.15. The van der Waals surface area contributed by atoms with Gasteiger partial charge in [-0.05, 0) is 48.1 Å². The van der Waals surface area contributed by atoms with Gasteiger partial charge in [0.05, 0.1) is 32.0 Å². The van der Waals surface area contributed by atoms with Crippen LogP contribution in [-0.4, -0.2) is 30.4 Å². The van der Waals surface area contributed by atoms with Crippen LogP contribution in [0.4, 0.5) is 0 Å². The molecule has 0 spiro atoms. The Morgan fingerprint density at radius 2 is 1.71 bits per heavy atom. The van der Waals surface area contributed by atoms with Gasteiger partial charge >= 0.3 is 5.97 Å². The molecule has 0 saturated carbocycles. The molecule has 204 valence electrons. The summed E-state index contributed by atoms with van der Waals surface area (Å²) in [5.41, 5.74) is 2.18. The molecule has 3 rings (SSSR count). The standard InChI is InChI=1S/C30H35ClO7/c1-18-14-24(37-17-19-10-8-7-9-11-19)27(21(16-32)26(18)31)38-23-13-12-20(22(33)15-30(2,3)4)28(35-5)25(23)29(34)36-6/h7-14,22,32-33H,15-17H2,1-6H3/t22-/m0/s1. The molecule has 7 nitrogen and oxygen atoms in total.